The van der Waals surface area contributed by atoms with Gasteiger partial charge in [-0.3, -0.25) is 9.00 Å². The van der Waals surface area contributed by atoms with Crippen LogP contribution in [0.4, 0.5) is 0 Å². The molecule has 118 valence electrons. The van der Waals surface area contributed by atoms with Crippen LogP contribution in [0.5, 0.6) is 0 Å². The summed E-state index contributed by atoms with van der Waals surface area (Å²) in [4.78, 5) is 31.0. The van der Waals surface area contributed by atoms with Gasteiger partial charge in [0.2, 0.25) is 0 Å². The molecule has 0 saturated carbocycles. The number of thiazole rings is 1. The van der Waals surface area contributed by atoms with E-state index < -0.39 is 16.8 Å². The molecular weight excluding hydrogens is 324 g/mol. The molecule has 6 nitrogen and oxygen atoms in total. The molecule has 0 saturated heterocycles. The van der Waals surface area contributed by atoms with E-state index in [1.807, 2.05) is 0 Å². The molecule has 2 aromatic heterocycles. The van der Waals surface area contributed by atoms with Crippen LogP contribution in [0.25, 0.3) is 11.3 Å². The fourth-order valence-corrected chi connectivity index (χ4v) is 3.67. The minimum Gasteiger partial charge on any atom is -0.462 e. The number of aromatic nitrogens is 2. The van der Waals surface area contributed by atoms with E-state index in [2.05, 4.69) is 9.97 Å². The Morgan fingerprint density at radius 3 is 2.86 bits per heavy atom. The molecule has 2 rings (SSSR count). The third-order valence-corrected chi connectivity index (χ3v) is 4.60. The Hall–Kier alpha value is -1.80. The molecule has 0 aliphatic rings. The Bertz CT molecular complexity index is 779. The van der Waals surface area contributed by atoms with Crippen LogP contribution in [-0.4, -0.2) is 33.0 Å². The molecule has 0 radical (unpaired) electrons. The highest BCUT2D eigenvalue weighted by Gasteiger charge is 2.16. The van der Waals surface area contributed by atoms with Crippen molar-refractivity contribution in [1.82, 2.24) is 9.97 Å². The number of nitrogens with zero attached hydrogens (tertiary/aromatic N) is 1. The summed E-state index contributed by atoms with van der Waals surface area (Å²) in [5.74, 6) is -0.137. The van der Waals surface area contributed by atoms with E-state index in [1.54, 1.807) is 25.5 Å². The zero-order valence-corrected chi connectivity index (χ0v) is 14.1. The van der Waals surface area contributed by atoms with Gasteiger partial charge in [-0.05, 0) is 19.9 Å². The Kier molecular flexibility index (Phi) is 5.25. The third kappa shape index (κ3) is 3.69. The highest BCUT2D eigenvalue weighted by atomic mass is 32.2. The maximum absolute atomic E-state index is 12.1. The quantitative estimate of drug-likeness (QED) is 0.839. The average molecular weight is 340 g/mol. The normalized spacial score (nSPS) is 12.1. The van der Waals surface area contributed by atoms with Crippen LogP contribution in [0.2, 0.25) is 0 Å². The van der Waals surface area contributed by atoms with Crippen molar-refractivity contribution in [2.24, 2.45) is 0 Å². The molecule has 0 bridgehead atoms. The van der Waals surface area contributed by atoms with E-state index in [0.717, 1.165) is 0 Å². The molecule has 0 aliphatic carbocycles. The van der Waals surface area contributed by atoms with Gasteiger partial charge < -0.3 is 9.72 Å². The van der Waals surface area contributed by atoms with Crippen molar-refractivity contribution in [3.8, 4) is 11.3 Å². The van der Waals surface area contributed by atoms with Crippen molar-refractivity contribution >= 4 is 28.1 Å². The summed E-state index contributed by atoms with van der Waals surface area (Å²) in [6, 6.07) is 1.49. The van der Waals surface area contributed by atoms with Gasteiger partial charge >= 0.3 is 5.97 Å². The minimum atomic E-state index is -0.995. The predicted molar refractivity (Wildman–Crippen MR) is 86.6 cm³/mol. The number of H-pyrrole nitrogens is 1. The Balaban J connectivity index is 2.44. The summed E-state index contributed by atoms with van der Waals surface area (Å²) >= 11 is 1.34. The van der Waals surface area contributed by atoms with Crippen LogP contribution in [0.1, 0.15) is 28.0 Å². The van der Waals surface area contributed by atoms with E-state index >= 15 is 0 Å². The Morgan fingerprint density at radius 2 is 2.23 bits per heavy atom. The van der Waals surface area contributed by atoms with Crippen molar-refractivity contribution in [3.05, 3.63) is 38.1 Å². The van der Waals surface area contributed by atoms with Gasteiger partial charge in [-0.25, -0.2) is 9.78 Å². The van der Waals surface area contributed by atoms with Crippen LogP contribution in [0.3, 0.4) is 0 Å². The fourth-order valence-electron chi connectivity index (χ4n) is 1.91. The summed E-state index contributed by atoms with van der Waals surface area (Å²) in [5.41, 5.74) is 1.22. The number of esters is 1. The molecule has 0 aliphatic heterocycles. The largest absolute Gasteiger partial charge is 0.462 e. The Morgan fingerprint density at radius 1 is 1.50 bits per heavy atom. The summed E-state index contributed by atoms with van der Waals surface area (Å²) in [6.07, 6.45) is 1.60. The molecule has 0 fully saturated rings. The standard InChI is InChI=1S/C14H16N2O4S2/c1-4-20-14(18)9-5-10(13(17)15-8(9)2)11-6-21-12(16-11)7-22(3)19/h5-6H,4,7H2,1-3H3,(H,15,17). The van der Waals surface area contributed by atoms with Crippen molar-refractivity contribution in [2.75, 3.05) is 12.9 Å². The molecule has 0 aromatic carbocycles. The second-order valence-electron chi connectivity index (χ2n) is 4.62. The summed E-state index contributed by atoms with van der Waals surface area (Å²) in [6.45, 7) is 3.62. The van der Waals surface area contributed by atoms with Crippen LogP contribution in [0, 0.1) is 6.92 Å². The highest BCUT2D eigenvalue weighted by Crippen LogP contribution is 2.21. The number of ether oxygens (including phenoxy) is 1. The number of carbonyl (C=O) groups excluding carboxylic acids is 1. The van der Waals surface area contributed by atoms with E-state index in [-0.39, 0.29) is 12.2 Å². The van der Waals surface area contributed by atoms with E-state index in [9.17, 15) is 13.8 Å². The zero-order valence-electron chi connectivity index (χ0n) is 12.5. The number of aromatic amines is 1. The third-order valence-electron chi connectivity index (χ3n) is 2.89. The zero-order chi connectivity index (χ0) is 16.3. The van der Waals surface area contributed by atoms with Gasteiger partial charge in [0.25, 0.3) is 5.56 Å². The Labute approximate surface area is 134 Å². The monoisotopic (exact) mass is 340 g/mol. The first-order valence-corrected chi connectivity index (χ1v) is 9.19. The first-order valence-electron chi connectivity index (χ1n) is 6.58. The molecule has 22 heavy (non-hydrogen) atoms. The molecule has 8 heteroatoms. The number of carbonyl (C=O) groups is 1. The van der Waals surface area contributed by atoms with Crippen molar-refractivity contribution in [3.63, 3.8) is 0 Å². The van der Waals surface area contributed by atoms with E-state index in [1.165, 1.54) is 17.4 Å². The van der Waals surface area contributed by atoms with Crippen molar-refractivity contribution in [2.45, 2.75) is 19.6 Å². The summed E-state index contributed by atoms with van der Waals surface area (Å²) < 4.78 is 16.2. The van der Waals surface area contributed by atoms with Crippen molar-refractivity contribution in [1.29, 1.82) is 0 Å². The molecule has 0 amide bonds. The first-order chi connectivity index (χ1) is 10.4. The molecule has 1 N–H and O–H groups in total. The molecule has 1 unspecified atom stereocenters. The SMILES string of the molecule is CCOC(=O)c1cc(-c2csc(CS(C)=O)n2)c(=O)[nH]c1C. The lowest BCUT2D eigenvalue weighted by atomic mass is 10.1. The van der Waals surface area contributed by atoms with Crippen molar-refractivity contribution < 1.29 is 13.7 Å². The number of rotatable bonds is 5. The second kappa shape index (κ2) is 6.97. The smallest absolute Gasteiger partial charge is 0.339 e. The molecule has 2 aromatic rings. The van der Waals surface area contributed by atoms with Crippen LogP contribution >= 0.6 is 11.3 Å². The number of pyridine rings is 1. The number of aryl methyl sites for hydroxylation is 1. The topological polar surface area (TPSA) is 89.1 Å². The van der Waals surface area contributed by atoms with Gasteiger partial charge in [0, 0.05) is 28.1 Å². The van der Waals surface area contributed by atoms with Crippen LogP contribution in [-0.2, 0) is 21.3 Å². The first kappa shape index (κ1) is 16.6. The number of hydrogen-bond donors (Lipinski definition) is 1. The van der Waals surface area contributed by atoms with Gasteiger partial charge in [-0.2, -0.15) is 0 Å². The van der Waals surface area contributed by atoms with Gasteiger partial charge in [0.15, 0.2) is 0 Å². The average Bonchev–Trinajstić information content (AvgIpc) is 2.86. The maximum atomic E-state index is 12.1. The summed E-state index contributed by atoms with van der Waals surface area (Å²) in [7, 11) is -0.995. The number of hydrogen-bond acceptors (Lipinski definition) is 6. The second-order valence-corrected chi connectivity index (χ2v) is 6.99. The van der Waals surface area contributed by atoms with E-state index in [4.69, 9.17) is 4.74 Å². The van der Waals surface area contributed by atoms with Gasteiger partial charge in [0.1, 0.15) is 5.01 Å². The molecule has 0 spiro atoms. The number of nitrogens with one attached hydrogen (secondary N) is 1. The lowest BCUT2D eigenvalue weighted by molar-refractivity contribution is 0.0525. The van der Waals surface area contributed by atoms with Gasteiger partial charge in [0.05, 0.1) is 29.2 Å². The van der Waals surface area contributed by atoms with Gasteiger partial charge in [-0.1, -0.05) is 0 Å². The predicted octanol–water partition coefficient (Wildman–Crippen LogP) is 1.86. The van der Waals surface area contributed by atoms with E-state index in [0.29, 0.717) is 33.3 Å². The molecule has 1 atom stereocenters. The fraction of sp³-hybridized carbons (Fsp3) is 0.357. The van der Waals surface area contributed by atoms with Crippen LogP contribution in [0.15, 0.2) is 16.2 Å². The lowest BCUT2D eigenvalue weighted by Crippen LogP contribution is -2.16. The maximum Gasteiger partial charge on any atom is 0.339 e. The minimum absolute atomic E-state index is 0.260. The lowest BCUT2D eigenvalue weighted by Gasteiger charge is -2.06. The van der Waals surface area contributed by atoms with Crippen LogP contribution < -0.4 is 5.56 Å². The summed E-state index contributed by atoms with van der Waals surface area (Å²) in [5, 5.41) is 2.41. The molecular formula is C14H16N2O4S2. The van der Waals surface area contributed by atoms with Gasteiger partial charge in [-0.15, -0.1) is 11.3 Å². The molecule has 2 heterocycles. The highest BCUT2D eigenvalue weighted by molar-refractivity contribution is 7.83.